The average Bonchev–Trinajstić information content (AvgIpc) is 2.80. The topological polar surface area (TPSA) is 32.8 Å². The molecule has 176 valence electrons. The third-order valence-electron chi connectivity index (χ3n) is 6.89. The number of methoxy groups -OCH3 is 1. The van der Waals surface area contributed by atoms with Crippen molar-refractivity contribution in [1.29, 1.82) is 0 Å². The zero-order valence-corrected chi connectivity index (χ0v) is 22.0. The van der Waals surface area contributed by atoms with Gasteiger partial charge in [0.15, 0.2) is 0 Å². The number of esters is 1. The van der Waals surface area contributed by atoms with E-state index in [4.69, 9.17) is 16.3 Å². The lowest BCUT2D eigenvalue weighted by atomic mass is 9.72. The fourth-order valence-corrected chi connectivity index (χ4v) is 5.53. The first-order chi connectivity index (χ1) is 15.8. The van der Waals surface area contributed by atoms with Crippen LogP contribution in [0.1, 0.15) is 49.0 Å². The largest absolute Gasteiger partial charge is 0.465 e. The minimum atomic E-state index is -0.321. The number of carbonyl (C=O) groups excluding carboxylic acids is 1. The number of rotatable bonds is 5. The highest BCUT2D eigenvalue weighted by Crippen LogP contribution is 2.43. The first-order valence-corrected chi connectivity index (χ1v) is 12.7. The quantitative estimate of drug-likeness (QED) is 0.403. The molecule has 2 aliphatic rings. The third-order valence-corrected chi connectivity index (χ3v) is 7.80. The van der Waals surface area contributed by atoms with Crippen molar-refractivity contribution in [2.45, 2.75) is 33.1 Å². The van der Waals surface area contributed by atoms with Crippen LogP contribution in [0.3, 0.4) is 0 Å². The Bertz CT molecular complexity index is 1040. The Morgan fingerprint density at radius 3 is 2.42 bits per heavy atom. The normalized spacial score (nSPS) is 19.0. The van der Waals surface area contributed by atoms with Gasteiger partial charge >= 0.3 is 5.97 Å². The summed E-state index contributed by atoms with van der Waals surface area (Å²) in [5.74, 6) is -0.321. The molecule has 0 spiro atoms. The molecule has 1 aliphatic heterocycles. The molecule has 0 radical (unpaired) electrons. The maximum absolute atomic E-state index is 11.9. The Kier molecular flexibility index (Phi) is 7.52. The van der Waals surface area contributed by atoms with Gasteiger partial charge in [0, 0.05) is 47.9 Å². The van der Waals surface area contributed by atoms with E-state index in [1.165, 1.54) is 24.7 Å². The van der Waals surface area contributed by atoms with Gasteiger partial charge in [-0.2, -0.15) is 0 Å². The van der Waals surface area contributed by atoms with E-state index in [0.29, 0.717) is 11.0 Å². The molecule has 0 unspecified atom stereocenters. The smallest absolute Gasteiger partial charge is 0.339 e. The zero-order valence-electron chi connectivity index (χ0n) is 19.7. The lowest BCUT2D eigenvalue weighted by Gasteiger charge is -2.39. The molecule has 0 bridgehead atoms. The Morgan fingerprint density at radius 2 is 1.79 bits per heavy atom. The molecule has 4 rings (SSSR count). The first kappa shape index (κ1) is 24.3. The summed E-state index contributed by atoms with van der Waals surface area (Å²) in [7, 11) is 1.41. The number of nitrogens with zero attached hydrogens (tertiary/aromatic N) is 2. The summed E-state index contributed by atoms with van der Waals surface area (Å²) in [6, 6.07) is 14.2. The molecule has 0 N–H and O–H groups in total. The molecule has 0 amide bonds. The van der Waals surface area contributed by atoms with Gasteiger partial charge < -0.3 is 9.64 Å². The van der Waals surface area contributed by atoms with Gasteiger partial charge in [-0.3, -0.25) is 4.90 Å². The monoisotopic (exact) mass is 530 g/mol. The van der Waals surface area contributed by atoms with Crippen LogP contribution in [0.2, 0.25) is 5.02 Å². The lowest BCUT2D eigenvalue weighted by Crippen LogP contribution is -2.47. The van der Waals surface area contributed by atoms with Gasteiger partial charge in [0.25, 0.3) is 0 Å². The van der Waals surface area contributed by atoms with E-state index >= 15 is 0 Å². The molecule has 0 aromatic heterocycles. The molecule has 0 saturated carbocycles. The molecular formula is C27H32BrClN2O2. The van der Waals surface area contributed by atoms with Crippen LogP contribution in [-0.2, 0) is 4.74 Å². The summed E-state index contributed by atoms with van der Waals surface area (Å²) >= 11 is 9.67. The van der Waals surface area contributed by atoms with Gasteiger partial charge in [0.05, 0.1) is 12.7 Å². The molecule has 1 heterocycles. The summed E-state index contributed by atoms with van der Waals surface area (Å²) in [6.45, 7) is 9.78. The Balaban J connectivity index is 1.44. The SMILES string of the molecule is COC(=O)c1ccc(N2CCN(CC3=C(c4ccc(Cl)cc4)CC(C)(C)CC3)CC2)cc1Br. The summed E-state index contributed by atoms with van der Waals surface area (Å²) < 4.78 is 5.62. The molecule has 4 nitrogen and oxygen atoms in total. The van der Waals surface area contributed by atoms with Crippen LogP contribution in [-0.4, -0.2) is 50.7 Å². The second-order valence-electron chi connectivity index (χ2n) is 9.85. The van der Waals surface area contributed by atoms with Crippen LogP contribution >= 0.6 is 27.5 Å². The summed E-state index contributed by atoms with van der Waals surface area (Å²) in [5.41, 5.74) is 6.43. The van der Waals surface area contributed by atoms with Gasteiger partial charge in [0.2, 0.25) is 0 Å². The predicted molar refractivity (Wildman–Crippen MR) is 140 cm³/mol. The fourth-order valence-electron chi connectivity index (χ4n) is 4.87. The number of hydrogen-bond acceptors (Lipinski definition) is 4. The number of carbonyl (C=O) groups is 1. The van der Waals surface area contributed by atoms with Gasteiger partial charge in [-0.25, -0.2) is 4.79 Å². The number of anilines is 1. The van der Waals surface area contributed by atoms with Crippen LogP contribution in [0.15, 0.2) is 52.5 Å². The van der Waals surface area contributed by atoms with E-state index in [1.807, 2.05) is 30.3 Å². The highest BCUT2D eigenvalue weighted by molar-refractivity contribution is 9.10. The Hall–Kier alpha value is -1.82. The van der Waals surface area contributed by atoms with Crippen molar-refractivity contribution in [3.05, 3.63) is 68.7 Å². The molecule has 0 atom stereocenters. The molecular weight excluding hydrogens is 500 g/mol. The van der Waals surface area contributed by atoms with Crippen molar-refractivity contribution < 1.29 is 9.53 Å². The maximum Gasteiger partial charge on any atom is 0.339 e. The van der Waals surface area contributed by atoms with Crippen molar-refractivity contribution in [2.75, 3.05) is 44.7 Å². The lowest BCUT2D eigenvalue weighted by molar-refractivity contribution is 0.0599. The highest BCUT2D eigenvalue weighted by Gasteiger charge is 2.29. The van der Waals surface area contributed by atoms with Crippen LogP contribution < -0.4 is 4.90 Å². The van der Waals surface area contributed by atoms with Gasteiger partial charge in [-0.05, 0) is 82.1 Å². The zero-order chi connectivity index (χ0) is 23.6. The number of piperazine rings is 1. The summed E-state index contributed by atoms with van der Waals surface area (Å²) in [5, 5.41) is 0.790. The van der Waals surface area contributed by atoms with Crippen molar-refractivity contribution in [3.8, 4) is 0 Å². The minimum Gasteiger partial charge on any atom is -0.465 e. The standard InChI is InChI=1S/C27H32BrClN2O2/c1-27(2)11-10-20(24(17-27)19-4-6-21(29)7-5-19)18-30-12-14-31(15-13-30)22-8-9-23(25(28)16-22)26(32)33-3/h4-9,16H,10-15,17-18H2,1-3H3. The number of halogens is 2. The number of allylic oxidation sites excluding steroid dienone is 1. The summed E-state index contributed by atoms with van der Waals surface area (Å²) in [4.78, 5) is 16.8. The Morgan fingerprint density at radius 1 is 1.09 bits per heavy atom. The van der Waals surface area contributed by atoms with Crippen molar-refractivity contribution in [1.82, 2.24) is 4.90 Å². The van der Waals surface area contributed by atoms with Crippen LogP contribution in [0.5, 0.6) is 0 Å². The van der Waals surface area contributed by atoms with Crippen molar-refractivity contribution in [2.24, 2.45) is 5.41 Å². The first-order valence-electron chi connectivity index (χ1n) is 11.6. The number of hydrogen-bond donors (Lipinski definition) is 0. The minimum absolute atomic E-state index is 0.321. The van der Waals surface area contributed by atoms with Crippen molar-refractivity contribution >= 4 is 44.8 Å². The van der Waals surface area contributed by atoms with Crippen LogP contribution in [0.4, 0.5) is 5.69 Å². The highest BCUT2D eigenvalue weighted by atomic mass is 79.9. The second kappa shape index (κ2) is 10.2. The molecule has 1 aliphatic carbocycles. The molecule has 33 heavy (non-hydrogen) atoms. The van der Waals surface area contributed by atoms with E-state index in [2.05, 4.69) is 51.7 Å². The maximum atomic E-state index is 11.9. The van der Waals surface area contributed by atoms with E-state index in [1.54, 1.807) is 5.57 Å². The van der Waals surface area contributed by atoms with E-state index in [-0.39, 0.29) is 5.97 Å². The van der Waals surface area contributed by atoms with Crippen LogP contribution in [0.25, 0.3) is 5.57 Å². The summed E-state index contributed by atoms with van der Waals surface area (Å²) in [6.07, 6.45) is 3.51. The fraction of sp³-hybridized carbons (Fsp3) is 0.444. The number of ether oxygens (including phenoxy) is 1. The van der Waals surface area contributed by atoms with Gasteiger partial charge in [0.1, 0.15) is 0 Å². The molecule has 1 fully saturated rings. The third kappa shape index (κ3) is 5.82. The van der Waals surface area contributed by atoms with Crippen molar-refractivity contribution in [3.63, 3.8) is 0 Å². The molecule has 2 aromatic carbocycles. The van der Waals surface area contributed by atoms with Gasteiger partial charge in [-0.1, -0.05) is 43.2 Å². The molecule has 1 saturated heterocycles. The van der Waals surface area contributed by atoms with E-state index in [9.17, 15) is 4.79 Å². The Labute approximate surface area is 210 Å². The van der Waals surface area contributed by atoms with E-state index in [0.717, 1.165) is 60.7 Å². The van der Waals surface area contributed by atoms with Crippen LogP contribution in [0, 0.1) is 5.41 Å². The number of benzene rings is 2. The average molecular weight is 532 g/mol. The molecule has 2 aromatic rings. The second-order valence-corrected chi connectivity index (χ2v) is 11.1. The van der Waals surface area contributed by atoms with Gasteiger partial charge in [-0.15, -0.1) is 0 Å². The molecule has 6 heteroatoms. The predicted octanol–water partition coefficient (Wildman–Crippen LogP) is 6.68. The van der Waals surface area contributed by atoms with E-state index < -0.39 is 0 Å².